The number of para-hydroxylation sites is 1. The maximum Gasteiger partial charge on any atom is 0.244 e. The molecule has 5 nitrogen and oxygen atoms in total. The first-order chi connectivity index (χ1) is 22.4. The lowest BCUT2D eigenvalue weighted by molar-refractivity contribution is -0.116. The first kappa shape index (κ1) is 44.4. The van der Waals surface area contributed by atoms with E-state index in [-0.39, 0.29) is 11.9 Å². The van der Waals surface area contributed by atoms with Gasteiger partial charge in [-0.05, 0) is 79.3 Å². The zero-order valence-corrected chi connectivity index (χ0v) is 31.9. The quantitative estimate of drug-likeness (QED) is 0.182. The van der Waals surface area contributed by atoms with Crippen LogP contribution in [0.15, 0.2) is 60.7 Å². The molecule has 0 saturated heterocycles. The number of aryl methyl sites for hydroxylation is 2. The summed E-state index contributed by atoms with van der Waals surface area (Å²) < 4.78 is 12.2. The molecular formula is C41H66N2O3. The van der Waals surface area contributed by atoms with Crippen molar-refractivity contribution in [2.75, 3.05) is 25.6 Å². The van der Waals surface area contributed by atoms with Gasteiger partial charge in [-0.3, -0.25) is 4.79 Å². The van der Waals surface area contributed by atoms with E-state index in [4.69, 9.17) is 9.47 Å². The molecular weight excluding hydrogens is 568 g/mol. The van der Waals surface area contributed by atoms with Crippen molar-refractivity contribution in [3.8, 4) is 22.6 Å². The number of hydrogen-bond acceptors (Lipinski definition) is 4. The van der Waals surface area contributed by atoms with Crippen molar-refractivity contribution in [1.82, 2.24) is 5.32 Å². The fourth-order valence-electron chi connectivity index (χ4n) is 4.71. The molecule has 46 heavy (non-hydrogen) atoms. The number of nitrogens with one attached hydrogen (secondary N) is 2. The first-order valence-corrected chi connectivity index (χ1v) is 17.7. The second kappa shape index (κ2) is 26.5. The summed E-state index contributed by atoms with van der Waals surface area (Å²) >= 11 is 0. The normalized spacial score (nSPS) is 12.2. The molecule has 4 rings (SSSR count). The predicted molar refractivity (Wildman–Crippen MR) is 205 cm³/mol. The maximum absolute atomic E-state index is 11.6. The van der Waals surface area contributed by atoms with Crippen molar-refractivity contribution in [1.29, 1.82) is 0 Å². The van der Waals surface area contributed by atoms with Gasteiger partial charge in [0.2, 0.25) is 5.91 Å². The van der Waals surface area contributed by atoms with E-state index in [1.165, 1.54) is 16.7 Å². The van der Waals surface area contributed by atoms with E-state index < -0.39 is 0 Å². The molecule has 258 valence electrons. The third-order valence-electron chi connectivity index (χ3n) is 6.63. The lowest BCUT2D eigenvalue weighted by atomic mass is 9.92. The van der Waals surface area contributed by atoms with Gasteiger partial charge in [0, 0.05) is 29.9 Å². The standard InChI is InChI=1S/C31H36N2O3.5C2H6/c1-6-7-15-35-25-16-21(3)30(22(4)17-25)27-10-8-9-26-28(19-36-31(26)27)33-24-13-11-23(12-14-24)20(2)18-29(34)32-5;5*1-2/h8-14,16-18,28,33H,6-7,15,19H2,1-5H3,(H,32,34);5*1-2H3/b20-18+;;;;;. The lowest BCUT2D eigenvalue weighted by Gasteiger charge is -2.17. The molecule has 0 bridgehead atoms. The van der Waals surface area contributed by atoms with Crippen molar-refractivity contribution >= 4 is 17.2 Å². The number of allylic oxidation sites excluding steroid dienone is 1. The Morgan fingerprint density at radius 3 is 1.98 bits per heavy atom. The molecule has 1 aliphatic heterocycles. The molecule has 0 aliphatic carbocycles. The minimum atomic E-state index is -0.102. The number of likely N-dealkylation sites (N-methyl/N-ethyl adjacent to an activating group) is 1. The summed E-state index contributed by atoms with van der Waals surface area (Å²) in [6.07, 6.45) is 3.79. The molecule has 1 atom stereocenters. The topological polar surface area (TPSA) is 59.6 Å². The van der Waals surface area contributed by atoms with E-state index in [1.54, 1.807) is 13.1 Å². The zero-order valence-electron chi connectivity index (χ0n) is 31.9. The fraction of sp³-hybridized carbons (Fsp3) is 0.488. The van der Waals surface area contributed by atoms with Gasteiger partial charge in [0.15, 0.2) is 0 Å². The van der Waals surface area contributed by atoms with E-state index >= 15 is 0 Å². The van der Waals surface area contributed by atoms with E-state index in [9.17, 15) is 4.79 Å². The Bertz CT molecular complexity index is 1240. The highest BCUT2D eigenvalue weighted by atomic mass is 16.5. The number of rotatable bonds is 9. The molecule has 0 fully saturated rings. The Morgan fingerprint density at radius 2 is 1.46 bits per heavy atom. The van der Waals surface area contributed by atoms with Crippen LogP contribution in [-0.2, 0) is 4.79 Å². The average molecular weight is 635 g/mol. The molecule has 2 N–H and O–H groups in total. The number of benzene rings is 3. The molecule has 0 radical (unpaired) electrons. The maximum atomic E-state index is 11.6. The molecule has 1 unspecified atom stereocenters. The Labute approximate surface area is 283 Å². The van der Waals surface area contributed by atoms with Crippen molar-refractivity contribution in [3.63, 3.8) is 0 Å². The van der Waals surface area contributed by atoms with Gasteiger partial charge in [-0.1, -0.05) is 113 Å². The number of anilines is 1. The summed E-state index contributed by atoms with van der Waals surface area (Å²) in [5.41, 5.74) is 8.82. The molecule has 5 heteroatoms. The number of amides is 1. The highest BCUT2D eigenvalue weighted by Gasteiger charge is 2.28. The van der Waals surface area contributed by atoms with E-state index in [0.717, 1.165) is 58.9 Å². The van der Waals surface area contributed by atoms with E-state index in [2.05, 4.69) is 61.7 Å². The van der Waals surface area contributed by atoms with Crippen LogP contribution in [0.1, 0.15) is 124 Å². The van der Waals surface area contributed by atoms with Crippen LogP contribution in [0.5, 0.6) is 11.5 Å². The number of unbranched alkanes of at least 4 members (excludes halogenated alkanes) is 1. The van der Waals surface area contributed by atoms with Crippen molar-refractivity contribution in [2.45, 2.75) is 116 Å². The van der Waals surface area contributed by atoms with Gasteiger partial charge in [0.05, 0.1) is 12.6 Å². The van der Waals surface area contributed by atoms with Crippen LogP contribution in [0.4, 0.5) is 5.69 Å². The molecule has 1 amide bonds. The minimum Gasteiger partial charge on any atom is -0.494 e. The Morgan fingerprint density at radius 1 is 0.891 bits per heavy atom. The third kappa shape index (κ3) is 13.3. The summed E-state index contributed by atoms with van der Waals surface area (Å²) in [7, 11) is 1.63. The number of hydrogen-bond donors (Lipinski definition) is 2. The van der Waals surface area contributed by atoms with Gasteiger partial charge in [-0.2, -0.15) is 0 Å². The summed E-state index contributed by atoms with van der Waals surface area (Å²) in [5, 5.41) is 6.24. The van der Waals surface area contributed by atoms with E-state index in [1.807, 2.05) is 100 Å². The van der Waals surface area contributed by atoms with Crippen LogP contribution in [0, 0.1) is 13.8 Å². The second-order valence-corrected chi connectivity index (χ2v) is 9.38. The zero-order chi connectivity index (χ0) is 35.7. The Kier molecular flexibility index (Phi) is 25.6. The summed E-state index contributed by atoms with van der Waals surface area (Å²) in [6.45, 7) is 29.7. The van der Waals surface area contributed by atoms with Gasteiger partial charge >= 0.3 is 0 Å². The van der Waals surface area contributed by atoms with Crippen LogP contribution < -0.4 is 20.1 Å². The fourth-order valence-corrected chi connectivity index (χ4v) is 4.71. The summed E-state index contributed by atoms with van der Waals surface area (Å²) in [6, 6.07) is 18.9. The number of carbonyl (C=O) groups excluding carboxylic acids is 1. The van der Waals surface area contributed by atoms with Crippen LogP contribution in [0.3, 0.4) is 0 Å². The predicted octanol–water partition coefficient (Wildman–Crippen LogP) is 12.0. The van der Waals surface area contributed by atoms with Gasteiger partial charge in [0.25, 0.3) is 0 Å². The van der Waals surface area contributed by atoms with Crippen molar-refractivity contribution < 1.29 is 14.3 Å². The molecule has 0 saturated carbocycles. The Hall–Kier alpha value is -3.73. The molecule has 3 aromatic carbocycles. The largest absolute Gasteiger partial charge is 0.494 e. The number of ether oxygens (including phenoxy) is 2. The van der Waals surface area contributed by atoms with E-state index in [0.29, 0.717) is 6.61 Å². The first-order valence-electron chi connectivity index (χ1n) is 17.7. The summed E-state index contributed by atoms with van der Waals surface area (Å²) in [4.78, 5) is 11.6. The molecule has 3 aromatic rings. The SMILES string of the molecule is CC.CC.CC.CC.CC.CCCCOc1cc(C)c(-c2cccc3c2OCC3Nc2ccc(/C(C)=C/C(=O)NC)cc2)c(C)c1. The average Bonchev–Trinajstić information content (AvgIpc) is 3.52. The molecule has 1 aliphatic rings. The molecule has 0 spiro atoms. The highest BCUT2D eigenvalue weighted by molar-refractivity contribution is 5.94. The number of carbonyl (C=O) groups is 1. The molecule has 1 heterocycles. The third-order valence-corrected chi connectivity index (χ3v) is 6.63. The van der Waals surface area contributed by atoms with Gasteiger partial charge in [-0.25, -0.2) is 0 Å². The van der Waals surface area contributed by atoms with Crippen LogP contribution in [0.25, 0.3) is 16.7 Å². The lowest BCUT2D eigenvalue weighted by Crippen LogP contribution is -2.14. The van der Waals surface area contributed by atoms with Gasteiger partial charge in [-0.15, -0.1) is 0 Å². The van der Waals surface area contributed by atoms with Crippen molar-refractivity contribution in [3.05, 3.63) is 82.9 Å². The van der Waals surface area contributed by atoms with Gasteiger partial charge in [0.1, 0.15) is 18.1 Å². The summed E-state index contributed by atoms with van der Waals surface area (Å²) in [5.74, 6) is 1.77. The smallest absolute Gasteiger partial charge is 0.244 e. The van der Waals surface area contributed by atoms with Crippen LogP contribution in [-0.4, -0.2) is 26.2 Å². The Balaban J connectivity index is 0. The van der Waals surface area contributed by atoms with Crippen LogP contribution in [0.2, 0.25) is 0 Å². The minimum absolute atomic E-state index is 0.0607. The highest BCUT2D eigenvalue weighted by Crippen LogP contribution is 2.44. The van der Waals surface area contributed by atoms with Crippen LogP contribution >= 0.6 is 0 Å². The molecule has 0 aromatic heterocycles. The van der Waals surface area contributed by atoms with Crippen molar-refractivity contribution in [2.24, 2.45) is 0 Å². The second-order valence-electron chi connectivity index (χ2n) is 9.38. The van der Waals surface area contributed by atoms with Gasteiger partial charge < -0.3 is 20.1 Å². The monoisotopic (exact) mass is 635 g/mol. The number of fused-ring (bicyclic) bond motifs is 1.